The van der Waals surface area contributed by atoms with Crippen LogP contribution >= 0.6 is 0 Å². The average Bonchev–Trinajstić information content (AvgIpc) is 3.18. The molecule has 1 atom stereocenters. The second kappa shape index (κ2) is 8.33. The fourth-order valence-corrected chi connectivity index (χ4v) is 3.38. The van der Waals surface area contributed by atoms with Crippen LogP contribution in [0.1, 0.15) is 44.1 Å². The van der Waals surface area contributed by atoms with E-state index in [1.165, 1.54) is 13.2 Å². The van der Waals surface area contributed by atoms with Gasteiger partial charge in [-0.2, -0.15) is 4.98 Å². The van der Waals surface area contributed by atoms with E-state index in [2.05, 4.69) is 15.6 Å². The number of pyridine rings is 1. The van der Waals surface area contributed by atoms with Crippen LogP contribution in [-0.4, -0.2) is 42.6 Å². The minimum atomic E-state index is -2.68. The highest BCUT2D eigenvalue weighted by molar-refractivity contribution is 5.82. The molecular formula is C18H24F3N3O3. The number of nitrogens with one attached hydrogen (secondary N) is 2. The van der Waals surface area contributed by atoms with Gasteiger partial charge in [0.05, 0.1) is 13.2 Å². The molecule has 2 fully saturated rings. The summed E-state index contributed by atoms with van der Waals surface area (Å²) in [6, 6.07) is 0.960. The smallest absolute Gasteiger partial charge is 0.254 e. The van der Waals surface area contributed by atoms with Gasteiger partial charge in [-0.25, -0.2) is 13.2 Å². The topological polar surface area (TPSA) is 72.5 Å². The van der Waals surface area contributed by atoms with Crippen molar-refractivity contribution in [1.82, 2.24) is 15.6 Å². The normalized spacial score (nSPS) is 22.4. The number of carbonyl (C=O) groups is 1. The number of amides is 1. The molecule has 27 heavy (non-hydrogen) atoms. The number of ether oxygens (including phenoxy) is 2. The summed E-state index contributed by atoms with van der Waals surface area (Å²) in [5.41, 5.74) is 0.379. The maximum absolute atomic E-state index is 14.4. The molecule has 6 nitrogen and oxygen atoms in total. The molecule has 1 amide bonds. The van der Waals surface area contributed by atoms with Crippen LogP contribution in [0.25, 0.3) is 0 Å². The standard InChI is InChI=1S/C18H24F3N3O3/c1-26-16-11(10-23-15(25)14-3-2-8-22-14)9-13(19)17(24-16)27-12-4-6-18(20,21)7-5-12/h9,12,14,22H,2-8,10H2,1H3,(H,23,25)/t14-/m0/s1. The van der Waals surface area contributed by atoms with Gasteiger partial charge in [-0.15, -0.1) is 0 Å². The highest BCUT2D eigenvalue weighted by Crippen LogP contribution is 2.35. The Bertz CT molecular complexity index is 671. The Hall–Kier alpha value is -2.03. The van der Waals surface area contributed by atoms with Crippen molar-refractivity contribution in [3.63, 3.8) is 0 Å². The quantitative estimate of drug-likeness (QED) is 0.785. The third kappa shape index (κ3) is 5.03. The molecule has 0 radical (unpaired) electrons. The molecule has 2 aliphatic rings. The van der Waals surface area contributed by atoms with E-state index >= 15 is 0 Å². The summed E-state index contributed by atoms with van der Waals surface area (Å²) < 4.78 is 51.5. The van der Waals surface area contributed by atoms with Crippen molar-refractivity contribution in [2.24, 2.45) is 0 Å². The van der Waals surface area contributed by atoms with Gasteiger partial charge in [-0.05, 0) is 38.3 Å². The Kier molecular flexibility index (Phi) is 6.08. The molecule has 0 bridgehead atoms. The van der Waals surface area contributed by atoms with Crippen molar-refractivity contribution in [1.29, 1.82) is 0 Å². The molecule has 0 spiro atoms. The maximum Gasteiger partial charge on any atom is 0.254 e. The van der Waals surface area contributed by atoms with Crippen LogP contribution in [0, 0.1) is 5.82 Å². The lowest BCUT2D eigenvalue weighted by molar-refractivity contribution is -0.122. The SMILES string of the molecule is COc1nc(OC2CCC(F)(F)CC2)c(F)cc1CNC(=O)[C@@H]1CCCN1. The molecular weight excluding hydrogens is 363 g/mol. The summed E-state index contributed by atoms with van der Waals surface area (Å²) in [5, 5.41) is 5.83. The van der Waals surface area contributed by atoms with E-state index < -0.39 is 17.8 Å². The predicted octanol–water partition coefficient (Wildman–Crippen LogP) is 2.55. The van der Waals surface area contributed by atoms with Crippen LogP contribution in [0.5, 0.6) is 11.8 Å². The van der Waals surface area contributed by atoms with Gasteiger partial charge in [0.25, 0.3) is 5.88 Å². The number of methoxy groups -OCH3 is 1. The van der Waals surface area contributed by atoms with E-state index in [1.54, 1.807) is 0 Å². The molecule has 1 aliphatic carbocycles. The summed E-state index contributed by atoms with van der Waals surface area (Å²) in [6.45, 7) is 0.872. The van der Waals surface area contributed by atoms with Crippen molar-refractivity contribution in [3.05, 3.63) is 17.4 Å². The Morgan fingerprint density at radius 2 is 2.07 bits per heavy atom. The van der Waals surface area contributed by atoms with Gasteiger partial charge in [0.2, 0.25) is 17.7 Å². The van der Waals surface area contributed by atoms with Crippen molar-refractivity contribution in [2.45, 2.75) is 63.1 Å². The first-order chi connectivity index (χ1) is 12.9. The van der Waals surface area contributed by atoms with Crippen molar-refractivity contribution in [2.75, 3.05) is 13.7 Å². The van der Waals surface area contributed by atoms with Gasteiger partial charge < -0.3 is 20.1 Å². The van der Waals surface area contributed by atoms with E-state index in [0.717, 1.165) is 19.4 Å². The number of hydrogen-bond acceptors (Lipinski definition) is 5. The highest BCUT2D eigenvalue weighted by atomic mass is 19.3. The third-order valence-corrected chi connectivity index (χ3v) is 4.95. The van der Waals surface area contributed by atoms with E-state index in [0.29, 0.717) is 5.56 Å². The first-order valence-corrected chi connectivity index (χ1v) is 9.17. The molecule has 0 unspecified atom stereocenters. The third-order valence-electron chi connectivity index (χ3n) is 4.95. The van der Waals surface area contributed by atoms with Crippen molar-refractivity contribution in [3.8, 4) is 11.8 Å². The maximum atomic E-state index is 14.4. The summed E-state index contributed by atoms with van der Waals surface area (Å²) in [5.74, 6) is -3.68. The fraction of sp³-hybridized carbons (Fsp3) is 0.667. The van der Waals surface area contributed by atoms with E-state index in [-0.39, 0.29) is 55.9 Å². The number of nitrogens with zero attached hydrogens (tertiary/aromatic N) is 1. The second-order valence-corrected chi connectivity index (χ2v) is 6.98. The lowest BCUT2D eigenvalue weighted by atomic mass is 9.94. The number of carbonyl (C=O) groups excluding carboxylic acids is 1. The summed E-state index contributed by atoms with van der Waals surface area (Å²) in [7, 11) is 1.38. The molecule has 1 saturated heterocycles. The van der Waals surface area contributed by atoms with E-state index in [4.69, 9.17) is 9.47 Å². The van der Waals surface area contributed by atoms with Crippen LogP contribution in [0.3, 0.4) is 0 Å². The van der Waals surface area contributed by atoms with Gasteiger partial charge in [-0.3, -0.25) is 4.79 Å². The number of alkyl halides is 2. The van der Waals surface area contributed by atoms with Gasteiger partial charge in [0.15, 0.2) is 5.82 Å². The predicted molar refractivity (Wildman–Crippen MR) is 91.4 cm³/mol. The number of rotatable bonds is 6. The molecule has 1 aromatic rings. The highest BCUT2D eigenvalue weighted by Gasteiger charge is 2.36. The summed E-state index contributed by atoms with van der Waals surface area (Å²) >= 11 is 0. The molecule has 1 aliphatic heterocycles. The zero-order valence-corrected chi connectivity index (χ0v) is 15.2. The van der Waals surface area contributed by atoms with Crippen molar-refractivity contribution < 1.29 is 27.4 Å². The number of aromatic nitrogens is 1. The molecule has 0 aromatic carbocycles. The Morgan fingerprint density at radius 3 is 2.70 bits per heavy atom. The Morgan fingerprint density at radius 1 is 1.33 bits per heavy atom. The molecule has 1 aromatic heterocycles. The van der Waals surface area contributed by atoms with Crippen LogP contribution in [0.15, 0.2) is 6.07 Å². The van der Waals surface area contributed by atoms with E-state index in [1.807, 2.05) is 0 Å². The molecule has 9 heteroatoms. The summed E-state index contributed by atoms with van der Waals surface area (Å²) in [6.07, 6.45) is 0.923. The second-order valence-electron chi connectivity index (χ2n) is 6.98. The van der Waals surface area contributed by atoms with E-state index in [9.17, 15) is 18.0 Å². The number of hydrogen-bond donors (Lipinski definition) is 2. The molecule has 2 heterocycles. The van der Waals surface area contributed by atoms with Crippen molar-refractivity contribution >= 4 is 5.91 Å². The van der Waals surface area contributed by atoms with Gasteiger partial charge in [0.1, 0.15) is 6.10 Å². The average molecular weight is 387 g/mol. The van der Waals surface area contributed by atoms with Gasteiger partial charge >= 0.3 is 0 Å². The lowest BCUT2D eigenvalue weighted by Crippen LogP contribution is -2.40. The minimum absolute atomic E-state index is 0.0695. The summed E-state index contributed by atoms with van der Waals surface area (Å²) in [4.78, 5) is 16.1. The zero-order valence-electron chi connectivity index (χ0n) is 15.2. The Balaban J connectivity index is 1.63. The molecule has 1 saturated carbocycles. The zero-order chi connectivity index (χ0) is 19.4. The van der Waals surface area contributed by atoms with Gasteiger partial charge in [-0.1, -0.05) is 0 Å². The lowest BCUT2D eigenvalue weighted by Gasteiger charge is -2.28. The monoisotopic (exact) mass is 387 g/mol. The van der Waals surface area contributed by atoms with Crippen LogP contribution in [-0.2, 0) is 11.3 Å². The largest absolute Gasteiger partial charge is 0.481 e. The number of halogens is 3. The fourth-order valence-electron chi connectivity index (χ4n) is 3.38. The van der Waals surface area contributed by atoms with Crippen LogP contribution in [0.4, 0.5) is 13.2 Å². The first-order valence-electron chi connectivity index (χ1n) is 9.17. The Labute approximate surface area is 155 Å². The minimum Gasteiger partial charge on any atom is -0.481 e. The van der Waals surface area contributed by atoms with Crippen LogP contribution in [0.2, 0.25) is 0 Å². The molecule has 2 N–H and O–H groups in total. The first kappa shape index (κ1) is 19.7. The molecule has 3 rings (SSSR count). The van der Waals surface area contributed by atoms with Gasteiger partial charge in [0, 0.05) is 24.9 Å². The van der Waals surface area contributed by atoms with Crippen LogP contribution < -0.4 is 20.1 Å². The molecule has 150 valence electrons.